The molecule has 1 aliphatic rings. The van der Waals surface area contributed by atoms with Gasteiger partial charge in [-0.05, 0) is 49.1 Å². The number of amides is 1. The zero-order chi connectivity index (χ0) is 24.6. The van der Waals surface area contributed by atoms with Crippen LogP contribution in [0.2, 0.25) is 10.0 Å². The third-order valence-corrected chi connectivity index (χ3v) is 7.01. The molecule has 0 saturated carbocycles. The van der Waals surface area contributed by atoms with Crippen LogP contribution in [0.3, 0.4) is 0 Å². The summed E-state index contributed by atoms with van der Waals surface area (Å²) in [5, 5.41) is 9.49. The van der Waals surface area contributed by atoms with Crippen molar-refractivity contribution in [1.29, 1.82) is 0 Å². The molecule has 0 bridgehead atoms. The van der Waals surface area contributed by atoms with Crippen molar-refractivity contribution in [3.63, 3.8) is 0 Å². The van der Waals surface area contributed by atoms with Gasteiger partial charge in [-0.3, -0.25) is 9.59 Å². The Kier molecular flexibility index (Phi) is 6.82. The van der Waals surface area contributed by atoms with Crippen LogP contribution in [0.4, 0.5) is 13.2 Å². The SMILES string of the molecule is O=C(O)CC1CCN(C(=O)c2ccc(Cl)c(Cn3ccc4c(C(F)(F)F)cccc43)c2Cl)CC1. The standard InChI is InChI=1S/C24H21Cl2F3N2O3/c25-19-5-4-16(23(34)30-9-6-14(7-10-30)12-21(32)33)22(26)17(19)13-31-11-8-15-18(24(27,28)29)2-1-3-20(15)31/h1-5,8,11,14H,6-7,9-10,12-13H2,(H,32,33). The van der Waals surface area contributed by atoms with Gasteiger partial charge < -0.3 is 14.6 Å². The number of carbonyl (C=O) groups is 2. The lowest BCUT2D eigenvalue weighted by Gasteiger charge is -2.31. The molecule has 1 amide bonds. The molecular formula is C24H21Cl2F3N2O3. The number of piperidine rings is 1. The van der Waals surface area contributed by atoms with Crippen molar-refractivity contribution >= 4 is 46.0 Å². The number of likely N-dealkylation sites (tertiary alicyclic amines) is 1. The first-order chi connectivity index (χ1) is 16.1. The second-order valence-electron chi connectivity index (χ2n) is 8.40. The molecule has 1 fully saturated rings. The Morgan fingerprint density at radius 3 is 2.41 bits per heavy atom. The number of aliphatic carboxylic acids is 1. The topological polar surface area (TPSA) is 62.5 Å². The quantitative estimate of drug-likeness (QED) is 0.433. The number of aromatic nitrogens is 1. The molecule has 4 rings (SSSR count). The number of halogens is 5. The third-order valence-electron chi connectivity index (χ3n) is 6.23. The maximum atomic E-state index is 13.4. The maximum absolute atomic E-state index is 13.4. The molecule has 180 valence electrons. The predicted octanol–water partition coefficient (Wildman–Crippen LogP) is 6.34. The summed E-state index contributed by atoms with van der Waals surface area (Å²) in [6.45, 7) is 0.936. The van der Waals surface area contributed by atoms with E-state index < -0.39 is 17.7 Å². The minimum Gasteiger partial charge on any atom is -0.481 e. The van der Waals surface area contributed by atoms with Crippen LogP contribution in [0.25, 0.3) is 10.9 Å². The number of nitrogens with zero attached hydrogens (tertiary/aromatic N) is 2. The van der Waals surface area contributed by atoms with Crippen molar-refractivity contribution in [2.24, 2.45) is 5.92 Å². The summed E-state index contributed by atoms with van der Waals surface area (Å²) >= 11 is 13.0. The molecule has 0 aliphatic carbocycles. The monoisotopic (exact) mass is 512 g/mol. The Labute approximate surface area is 203 Å². The summed E-state index contributed by atoms with van der Waals surface area (Å²) in [7, 11) is 0. The molecule has 0 atom stereocenters. The van der Waals surface area contributed by atoms with E-state index >= 15 is 0 Å². The zero-order valence-corrected chi connectivity index (χ0v) is 19.4. The molecular weight excluding hydrogens is 492 g/mol. The van der Waals surface area contributed by atoms with E-state index in [1.165, 1.54) is 24.4 Å². The molecule has 10 heteroatoms. The van der Waals surface area contributed by atoms with E-state index in [1.807, 2.05) is 0 Å². The minimum atomic E-state index is -4.48. The Morgan fingerprint density at radius 2 is 1.76 bits per heavy atom. The predicted molar refractivity (Wildman–Crippen MR) is 123 cm³/mol. The lowest BCUT2D eigenvalue weighted by molar-refractivity contribution is -0.138. The van der Waals surface area contributed by atoms with Gasteiger partial charge in [0.05, 0.1) is 22.7 Å². The number of carbonyl (C=O) groups excluding carboxylic acids is 1. The molecule has 1 saturated heterocycles. The van der Waals surface area contributed by atoms with Gasteiger partial charge in [-0.15, -0.1) is 0 Å². The average Bonchev–Trinajstić information content (AvgIpc) is 3.18. The van der Waals surface area contributed by atoms with Gasteiger partial charge in [-0.25, -0.2) is 0 Å². The summed E-state index contributed by atoms with van der Waals surface area (Å²) in [4.78, 5) is 25.7. The van der Waals surface area contributed by atoms with E-state index in [0.29, 0.717) is 42.0 Å². The van der Waals surface area contributed by atoms with Crippen LogP contribution in [-0.4, -0.2) is 39.5 Å². The van der Waals surface area contributed by atoms with Crippen LogP contribution in [0.5, 0.6) is 0 Å². The number of fused-ring (bicyclic) bond motifs is 1. The van der Waals surface area contributed by atoms with Gasteiger partial charge in [0.25, 0.3) is 5.91 Å². The number of alkyl halides is 3. The number of hydrogen-bond donors (Lipinski definition) is 1. The summed E-state index contributed by atoms with van der Waals surface area (Å²) in [6.07, 6.45) is -1.69. The Balaban J connectivity index is 1.60. The van der Waals surface area contributed by atoms with Gasteiger partial charge in [-0.1, -0.05) is 29.3 Å². The van der Waals surface area contributed by atoms with E-state index in [4.69, 9.17) is 28.3 Å². The minimum absolute atomic E-state index is 0.0291. The molecule has 0 unspecified atom stereocenters. The lowest BCUT2D eigenvalue weighted by atomic mass is 9.93. The highest BCUT2D eigenvalue weighted by molar-refractivity contribution is 6.38. The molecule has 2 heterocycles. The van der Waals surface area contributed by atoms with Crippen LogP contribution in [0, 0.1) is 5.92 Å². The number of benzene rings is 2. The normalized spacial score (nSPS) is 15.1. The molecule has 1 aliphatic heterocycles. The zero-order valence-electron chi connectivity index (χ0n) is 17.9. The van der Waals surface area contributed by atoms with Crippen molar-refractivity contribution in [2.75, 3.05) is 13.1 Å². The van der Waals surface area contributed by atoms with Crippen LogP contribution in [0.15, 0.2) is 42.6 Å². The fourth-order valence-electron chi connectivity index (χ4n) is 4.44. The molecule has 0 radical (unpaired) electrons. The van der Waals surface area contributed by atoms with Crippen molar-refractivity contribution in [2.45, 2.75) is 32.0 Å². The summed E-state index contributed by atoms with van der Waals surface area (Å²) in [5.74, 6) is -1.11. The Bertz CT molecular complexity index is 1250. The second-order valence-corrected chi connectivity index (χ2v) is 9.19. The van der Waals surface area contributed by atoms with Gasteiger partial charge >= 0.3 is 12.1 Å². The van der Waals surface area contributed by atoms with Crippen LogP contribution >= 0.6 is 23.2 Å². The molecule has 3 aromatic rings. The molecule has 1 aromatic heterocycles. The molecule has 5 nitrogen and oxygen atoms in total. The molecule has 1 N–H and O–H groups in total. The van der Waals surface area contributed by atoms with Gasteiger partial charge in [0.15, 0.2) is 0 Å². The first-order valence-electron chi connectivity index (χ1n) is 10.7. The largest absolute Gasteiger partial charge is 0.481 e. The van der Waals surface area contributed by atoms with Crippen molar-refractivity contribution in [3.8, 4) is 0 Å². The van der Waals surface area contributed by atoms with Gasteiger partial charge in [0.1, 0.15) is 0 Å². The van der Waals surface area contributed by atoms with Gasteiger partial charge in [0, 0.05) is 47.2 Å². The first kappa shape index (κ1) is 24.4. The molecule has 0 spiro atoms. The highest BCUT2D eigenvalue weighted by Crippen LogP contribution is 2.36. The van der Waals surface area contributed by atoms with Crippen molar-refractivity contribution in [1.82, 2.24) is 9.47 Å². The van der Waals surface area contributed by atoms with Crippen LogP contribution < -0.4 is 0 Å². The summed E-state index contributed by atoms with van der Waals surface area (Å²) < 4.78 is 41.7. The Hall–Kier alpha value is -2.71. The van der Waals surface area contributed by atoms with E-state index in [9.17, 15) is 22.8 Å². The third kappa shape index (κ3) is 4.88. The fourth-order valence-corrected chi connectivity index (χ4v) is 5.02. The van der Waals surface area contributed by atoms with Crippen LogP contribution in [0.1, 0.15) is 40.7 Å². The van der Waals surface area contributed by atoms with E-state index in [-0.39, 0.29) is 40.8 Å². The number of rotatable bonds is 5. The number of carboxylic acid groups (broad SMARTS) is 1. The first-order valence-corrected chi connectivity index (χ1v) is 11.4. The number of hydrogen-bond acceptors (Lipinski definition) is 2. The highest BCUT2D eigenvalue weighted by Gasteiger charge is 2.33. The summed E-state index contributed by atoms with van der Waals surface area (Å²) in [6, 6.07) is 8.46. The maximum Gasteiger partial charge on any atom is 0.417 e. The molecule has 2 aromatic carbocycles. The molecule has 34 heavy (non-hydrogen) atoms. The van der Waals surface area contributed by atoms with E-state index in [1.54, 1.807) is 21.6 Å². The summed E-state index contributed by atoms with van der Waals surface area (Å²) in [5.41, 5.74) is 0.338. The van der Waals surface area contributed by atoms with Crippen LogP contribution in [-0.2, 0) is 17.5 Å². The lowest BCUT2D eigenvalue weighted by Crippen LogP contribution is -2.39. The Morgan fingerprint density at radius 1 is 1.06 bits per heavy atom. The van der Waals surface area contributed by atoms with Crippen molar-refractivity contribution < 1.29 is 27.9 Å². The fraction of sp³-hybridized carbons (Fsp3) is 0.333. The van der Waals surface area contributed by atoms with E-state index in [2.05, 4.69) is 0 Å². The number of carboxylic acids is 1. The van der Waals surface area contributed by atoms with E-state index in [0.717, 1.165) is 6.07 Å². The average molecular weight is 513 g/mol. The second kappa shape index (κ2) is 9.50. The smallest absolute Gasteiger partial charge is 0.417 e. The highest BCUT2D eigenvalue weighted by atomic mass is 35.5. The van der Waals surface area contributed by atoms with Gasteiger partial charge in [0.2, 0.25) is 0 Å². The van der Waals surface area contributed by atoms with Gasteiger partial charge in [-0.2, -0.15) is 13.2 Å². The van der Waals surface area contributed by atoms with Crippen molar-refractivity contribution in [3.05, 3.63) is 69.3 Å².